The molecule has 5 heteroatoms. The lowest BCUT2D eigenvalue weighted by atomic mass is 10.2. The topological polar surface area (TPSA) is 54.5 Å². The summed E-state index contributed by atoms with van der Waals surface area (Å²) >= 11 is 0. The predicted molar refractivity (Wildman–Crippen MR) is 52.6 cm³/mol. The first kappa shape index (κ1) is 9.96. The molecule has 1 saturated heterocycles. The SMILES string of the molecule is CN(C(=O)C1CC1)[C@H]1CCS(=O)(=O)C1. The van der Waals surface area contributed by atoms with Crippen molar-refractivity contribution in [2.45, 2.75) is 25.3 Å². The predicted octanol–water partition coefficient (Wildman–Crippen LogP) is 0.0419. The Kier molecular flexibility index (Phi) is 2.29. The molecule has 1 atom stereocenters. The lowest BCUT2D eigenvalue weighted by Gasteiger charge is -2.23. The molecule has 0 aromatic heterocycles. The number of hydrogen-bond donors (Lipinski definition) is 0. The van der Waals surface area contributed by atoms with Crippen LogP contribution >= 0.6 is 0 Å². The first-order chi connectivity index (χ1) is 6.49. The van der Waals surface area contributed by atoms with Crippen molar-refractivity contribution in [3.8, 4) is 0 Å². The molecule has 80 valence electrons. The van der Waals surface area contributed by atoms with E-state index in [0.29, 0.717) is 6.42 Å². The molecule has 0 aromatic rings. The van der Waals surface area contributed by atoms with Crippen LogP contribution in [0.2, 0.25) is 0 Å². The Morgan fingerprint density at radius 3 is 2.36 bits per heavy atom. The number of amides is 1. The highest BCUT2D eigenvalue weighted by Gasteiger charge is 2.38. The maximum Gasteiger partial charge on any atom is 0.225 e. The molecule has 0 N–H and O–H groups in total. The van der Waals surface area contributed by atoms with Gasteiger partial charge in [-0.3, -0.25) is 4.79 Å². The van der Waals surface area contributed by atoms with Crippen molar-refractivity contribution < 1.29 is 13.2 Å². The quantitative estimate of drug-likeness (QED) is 0.656. The highest BCUT2D eigenvalue weighted by molar-refractivity contribution is 7.91. The van der Waals surface area contributed by atoms with E-state index in [1.54, 1.807) is 11.9 Å². The number of nitrogens with zero attached hydrogens (tertiary/aromatic N) is 1. The fourth-order valence-electron chi connectivity index (χ4n) is 1.88. The van der Waals surface area contributed by atoms with E-state index in [4.69, 9.17) is 0 Å². The Balaban J connectivity index is 1.98. The second kappa shape index (κ2) is 3.22. The van der Waals surface area contributed by atoms with Crippen LogP contribution in [0, 0.1) is 5.92 Å². The normalized spacial score (nSPS) is 30.2. The van der Waals surface area contributed by atoms with Gasteiger partial charge in [-0.2, -0.15) is 0 Å². The zero-order chi connectivity index (χ0) is 10.3. The van der Waals surface area contributed by atoms with Crippen LogP contribution in [0.3, 0.4) is 0 Å². The third-order valence-electron chi connectivity index (χ3n) is 3.03. The first-order valence-electron chi connectivity index (χ1n) is 4.97. The first-order valence-corrected chi connectivity index (χ1v) is 6.79. The maximum atomic E-state index is 11.6. The zero-order valence-electron chi connectivity index (χ0n) is 8.27. The molecule has 0 radical (unpaired) electrons. The van der Waals surface area contributed by atoms with Gasteiger partial charge >= 0.3 is 0 Å². The summed E-state index contributed by atoms with van der Waals surface area (Å²) in [4.78, 5) is 13.3. The van der Waals surface area contributed by atoms with Gasteiger partial charge in [0, 0.05) is 19.0 Å². The molecule has 1 saturated carbocycles. The van der Waals surface area contributed by atoms with E-state index in [0.717, 1.165) is 12.8 Å². The molecular weight excluding hydrogens is 202 g/mol. The van der Waals surface area contributed by atoms with Gasteiger partial charge in [0.05, 0.1) is 11.5 Å². The van der Waals surface area contributed by atoms with Gasteiger partial charge in [-0.05, 0) is 19.3 Å². The van der Waals surface area contributed by atoms with Crippen LogP contribution in [0.1, 0.15) is 19.3 Å². The molecule has 2 aliphatic rings. The Labute approximate surface area is 84.2 Å². The zero-order valence-corrected chi connectivity index (χ0v) is 9.09. The van der Waals surface area contributed by atoms with Gasteiger partial charge in [0.2, 0.25) is 5.91 Å². The largest absolute Gasteiger partial charge is 0.341 e. The minimum atomic E-state index is -2.87. The van der Waals surface area contributed by atoms with Crippen LogP contribution in [0.25, 0.3) is 0 Å². The molecule has 1 amide bonds. The third kappa shape index (κ3) is 1.92. The summed E-state index contributed by atoms with van der Waals surface area (Å²) in [6.07, 6.45) is 2.56. The van der Waals surface area contributed by atoms with Crippen molar-refractivity contribution in [2.75, 3.05) is 18.6 Å². The summed E-state index contributed by atoms with van der Waals surface area (Å²) in [5, 5.41) is 0. The van der Waals surface area contributed by atoms with Crippen molar-refractivity contribution in [1.82, 2.24) is 4.90 Å². The Morgan fingerprint density at radius 2 is 1.93 bits per heavy atom. The Morgan fingerprint density at radius 1 is 1.29 bits per heavy atom. The summed E-state index contributed by atoms with van der Waals surface area (Å²) in [7, 11) is -1.14. The van der Waals surface area contributed by atoms with Crippen molar-refractivity contribution >= 4 is 15.7 Å². The average Bonchev–Trinajstić information content (AvgIpc) is 2.89. The second-order valence-corrected chi connectivity index (χ2v) is 6.51. The van der Waals surface area contributed by atoms with Crippen LogP contribution in [-0.4, -0.2) is 43.8 Å². The summed E-state index contributed by atoms with van der Waals surface area (Å²) < 4.78 is 22.4. The van der Waals surface area contributed by atoms with Crippen LogP contribution in [-0.2, 0) is 14.6 Å². The fourth-order valence-corrected chi connectivity index (χ4v) is 3.65. The molecule has 2 fully saturated rings. The van der Waals surface area contributed by atoms with Gasteiger partial charge in [0.1, 0.15) is 0 Å². The molecular formula is C9H15NO3S. The van der Waals surface area contributed by atoms with Crippen LogP contribution in [0.15, 0.2) is 0 Å². The van der Waals surface area contributed by atoms with Gasteiger partial charge in [-0.1, -0.05) is 0 Å². The lowest BCUT2D eigenvalue weighted by molar-refractivity contribution is -0.132. The van der Waals surface area contributed by atoms with E-state index in [1.165, 1.54) is 0 Å². The second-order valence-electron chi connectivity index (χ2n) is 4.28. The molecule has 0 aromatic carbocycles. The van der Waals surface area contributed by atoms with Gasteiger partial charge < -0.3 is 4.90 Å². The molecule has 1 aliphatic carbocycles. The molecule has 1 aliphatic heterocycles. The minimum absolute atomic E-state index is 0.0758. The number of carbonyl (C=O) groups excluding carboxylic acids is 1. The summed E-state index contributed by atoms with van der Waals surface area (Å²) in [5.41, 5.74) is 0. The van der Waals surface area contributed by atoms with Gasteiger partial charge in [0.15, 0.2) is 9.84 Å². The smallest absolute Gasteiger partial charge is 0.225 e. The monoisotopic (exact) mass is 217 g/mol. The minimum Gasteiger partial charge on any atom is -0.341 e. The van der Waals surface area contributed by atoms with E-state index < -0.39 is 9.84 Å². The maximum absolute atomic E-state index is 11.6. The average molecular weight is 217 g/mol. The number of carbonyl (C=O) groups is 1. The van der Waals surface area contributed by atoms with E-state index in [2.05, 4.69) is 0 Å². The third-order valence-corrected chi connectivity index (χ3v) is 4.78. The fraction of sp³-hybridized carbons (Fsp3) is 0.889. The lowest BCUT2D eigenvalue weighted by Crippen LogP contribution is -2.38. The van der Waals surface area contributed by atoms with Gasteiger partial charge in [-0.25, -0.2) is 8.42 Å². The molecule has 0 unspecified atom stereocenters. The van der Waals surface area contributed by atoms with E-state index in [1.807, 2.05) is 0 Å². The highest BCUT2D eigenvalue weighted by atomic mass is 32.2. The molecule has 0 spiro atoms. The van der Waals surface area contributed by atoms with E-state index >= 15 is 0 Å². The van der Waals surface area contributed by atoms with Crippen molar-refractivity contribution in [2.24, 2.45) is 5.92 Å². The molecule has 0 bridgehead atoms. The molecule has 2 rings (SSSR count). The molecule has 1 heterocycles. The van der Waals surface area contributed by atoms with Crippen LogP contribution in [0.5, 0.6) is 0 Å². The molecule has 14 heavy (non-hydrogen) atoms. The van der Waals surface area contributed by atoms with Crippen LogP contribution < -0.4 is 0 Å². The molecule has 4 nitrogen and oxygen atoms in total. The summed E-state index contributed by atoms with van der Waals surface area (Å²) in [6, 6.07) is -0.0758. The van der Waals surface area contributed by atoms with Gasteiger partial charge in [-0.15, -0.1) is 0 Å². The Hall–Kier alpha value is -0.580. The highest BCUT2D eigenvalue weighted by Crippen LogP contribution is 2.32. The number of rotatable bonds is 2. The van der Waals surface area contributed by atoms with E-state index in [-0.39, 0.29) is 29.4 Å². The van der Waals surface area contributed by atoms with Crippen molar-refractivity contribution in [3.63, 3.8) is 0 Å². The standard InChI is InChI=1S/C9H15NO3S/c1-10(9(11)7-2-3-7)8-4-5-14(12,13)6-8/h7-8H,2-6H2,1H3/t8-/m0/s1. The van der Waals surface area contributed by atoms with E-state index in [9.17, 15) is 13.2 Å². The summed E-state index contributed by atoms with van der Waals surface area (Å²) in [5.74, 6) is 0.706. The summed E-state index contributed by atoms with van der Waals surface area (Å²) in [6.45, 7) is 0. The number of hydrogen-bond acceptors (Lipinski definition) is 3. The van der Waals surface area contributed by atoms with Crippen LogP contribution in [0.4, 0.5) is 0 Å². The number of sulfone groups is 1. The van der Waals surface area contributed by atoms with Gasteiger partial charge in [0.25, 0.3) is 0 Å². The Bertz CT molecular complexity index is 345. The van der Waals surface area contributed by atoms with Crippen molar-refractivity contribution in [1.29, 1.82) is 0 Å². The van der Waals surface area contributed by atoms with Crippen molar-refractivity contribution in [3.05, 3.63) is 0 Å².